The van der Waals surface area contributed by atoms with Gasteiger partial charge in [0.05, 0.1) is 18.8 Å². The van der Waals surface area contributed by atoms with Crippen LogP contribution in [-0.2, 0) is 4.74 Å². The predicted octanol–water partition coefficient (Wildman–Crippen LogP) is 0.619. The van der Waals surface area contributed by atoms with Crippen molar-refractivity contribution in [1.29, 1.82) is 0 Å². The van der Waals surface area contributed by atoms with E-state index in [9.17, 15) is 5.11 Å². The summed E-state index contributed by atoms with van der Waals surface area (Å²) in [4.78, 5) is 2.34. The van der Waals surface area contributed by atoms with E-state index in [1.807, 2.05) is 0 Å². The van der Waals surface area contributed by atoms with Crippen molar-refractivity contribution in [3.63, 3.8) is 0 Å². The lowest BCUT2D eigenvalue weighted by molar-refractivity contribution is -0.0933. The minimum atomic E-state index is -0.290. The molecule has 0 aromatic heterocycles. The molecule has 1 saturated carbocycles. The lowest BCUT2D eigenvalue weighted by Gasteiger charge is -2.38. The average Bonchev–Trinajstić information content (AvgIpc) is 2.91. The minimum absolute atomic E-state index is 0.290. The van der Waals surface area contributed by atoms with Crippen molar-refractivity contribution in [2.45, 2.75) is 50.5 Å². The number of likely N-dealkylation sites (N-methyl/N-ethyl adjacent to an activating group) is 1. The normalized spacial score (nSPS) is 41.1. The fourth-order valence-electron chi connectivity index (χ4n) is 2.13. The lowest BCUT2D eigenvalue weighted by atomic mass is 10.0. The van der Waals surface area contributed by atoms with Gasteiger partial charge in [-0.05, 0) is 33.2 Å². The Kier molecular flexibility index (Phi) is 2.58. The van der Waals surface area contributed by atoms with Gasteiger partial charge in [0, 0.05) is 12.1 Å². The summed E-state index contributed by atoms with van der Waals surface area (Å²) in [5.74, 6) is 0. The van der Waals surface area contributed by atoms with Crippen molar-refractivity contribution in [3.05, 3.63) is 0 Å². The molecule has 3 heteroatoms. The van der Waals surface area contributed by atoms with E-state index in [1.54, 1.807) is 0 Å². The van der Waals surface area contributed by atoms with E-state index in [2.05, 4.69) is 18.9 Å². The smallest absolute Gasteiger partial charge is 0.0929 e. The van der Waals surface area contributed by atoms with Crippen LogP contribution in [0.25, 0.3) is 0 Å². The summed E-state index contributed by atoms with van der Waals surface area (Å²) in [6.45, 7) is 2.59. The molecule has 3 atom stereocenters. The van der Waals surface area contributed by atoms with Crippen molar-refractivity contribution in [3.8, 4) is 0 Å². The minimum Gasteiger partial charge on any atom is -0.389 e. The zero-order valence-corrected chi connectivity index (χ0v) is 8.44. The Labute approximate surface area is 79.7 Å². The molecule has 0 unspecified atom stereocenters. The topological polar surface area (TPSA) is 32.7 Å². The maximum Gasteiger partial charge on any atom is 0.0929 e. The maximum absolute atomic E-state index is 9.77. The van der Waals surface area contributed by atoms with Gasteiger partial charge in [-0.1, -0.05) is 0 Å². The summed E-state index contributed by atoms with van der Waals surface area (Å²) in [6.07, 6.45) is 3.58. The van der Waals surface area contributed by atoms with Gasteiger partial charge < -0.3 is 9.84 Å². The number of aliphatic hydroxyl groups excluding tert-OH is 1. The molecule has 0 aromatic rings. The van der Waals surface area contributed by atoms with E-state index in [1.165, 1.54) is 12.8 Å². The summed E-state index contributed by atoms with van der Waals surface area (Å²) in [6, 6.07) is 1.04. The molecule has 3 nitrogen and oxygen atoms in total. The fourth-order valence-corrected chi connectivity index (χ4v) is 2.13. The van der Waals surface area contributed by atoms with E-state index in [0.717, 1.165) is 12.5 Å². The van der Waals surface area contributed by atoms with Crippen LogP contribution >= 0.6 is 0 Å². The number of aliphatic hydroxyl groups is 1. The molecule has 1 N–H and O–H groups in total. The number of ether oxygens (including phenoxy) is 1. The number of nitrogens with zero attached hydrogens (tertiary/aromatic N) is 1. The highest BCUT2D eigenvalue weighted by molar-refractivity contribution is 4.91. The van der Waals surface area contributed by atoms with Gasteiger partial charge in [-0.25, -0.2) is 0 Å². The summed E-state index contributed by atoms with van der Waals surface area (Å²) >= 11 is 0. The highest BCUT2D eigenvalue weighted by Crippen LogP contribution is 2.30. The first-order valence-corrected chi connectivity index (χ1v) is 5.20. The van der Waals surface area contributed by atoms with Crippen LogP contribution in [0.5, 0.6) is 0 Å². The second-order valence-corrected chi connectivity index (χ2v) is 4.41. The molecule has 0 radical (unpaired) electrons. The molecule has 2 rings (SSSR count). The largest absolute Gasteiger partial charge is 0.389 e. The zero-order chi connectivity index (χ0) is 9.42. The van der Waals surface area contributed by atoms with Crippen molar-refractivity contribution in [2.75, 3.05) is 13.7 Å². The van der Waals surface area contributed by atoms with Crippen molar-refractivity contribution in [1.82, 2.24) is 4.90 Å². The van der Waals surface area contributed by atoms with Gasteiger partial charge in [0.15, 0.2) is 0 Å². The Bertz CT molecular complexity index is 182. The van der Waals surface area contributed by atoms with Crippen LogP contribution in [0.2, 0.25) is 0 Å². The Morgan fingerprint density at radius 1 is 1.38 bits per heavy atom. The molecule has 0 bridgehead atoms. The van der Waals surface area contributed by atoms with Crippen molar-refractivity contribution in [2.24, 2.45) is 0 Å². The predicted molar refractivity (Wildman–Crippen MR) is 50.6 cm³/mol. The van der Waals surface area contributed by atoms with E-state index in [0.29, 0.717) is 18.8 Å². The molecular weight excluding hydrogens is 166 g/mol. The van der Waals surface area contributed by atoms with E-state index >= 15 is 0 Å². The molecule has 1 saturated heterocycles. The Morgan fingerprint density at radius 3 is 2.69 bits per heavy atom. The van der Waals surface area contributed by atoms with E-state index < -0.39 is 0 Å². The molecule has 0 amide bonds. The highest BCUT2D eigenvalue weighted by Gasteiger charge is 2.37. The third kappa shape index (κ3) is 2.03. The Hall–Kier alpha value is -0.120. The van der Waals surface area contributed by atoms with Crippen LogP contribution in [0.15, 0.2) is 0 Å². The SMILES string of the molecule is C[C@@H]1C[C@H](N(C)C2CC2)[C@@H](O)CO1. The first kappa shape index (κ1) is 9.44. The Balaban J connectivity index is 1.93. The lowest BCUT2D eigenvalue weighted by Crippen LogP contribution is -2.50. The molecule has 2 aliphatic rings. The summed E-state index contributed by atoms with van der Waals surface area (Å²) in [5, 5.41) is 9.77. The molecule has 2 fully saturated rings. The fraction of sp³-hybridized carbons (Fsp3) is 1.00. The van der Waals surface area contributed by atoms with Gasteiger partial charge in [0.2, 0.25) is 0 Å². The third-order valence-corrected chi connectivity index (χ3v) is 3.22. The molecule has 0 aromatic carbocycles. The average molecular weight is 185 g/mol. The summed E-state index contributed by atoms with van der Waals surface area (Å²) < 4.78 is 5.39. The second kappa shape index (κ2) is 3.56. The van der Waals surface area contributed by atoms with Crippen LogP contribution in [0.3, 0.4) is 0 Å². The number of hydrogen-bond donors (Lipinski definition) is 1. The molecule has 76 valence electrons. The van der Waals surface area contributed by atoms with Gasteiger partial charge in [-0.2, -0.15) is 0 Å². The molecule has 1 heterocycles. The molecular formula is C10H19NO2. The molecule has 1 aliphatic carbocycles. The van der Waals surface area contributed by atoms with Gasteiger partial charge in [-0.15, -0.1) is 0 Å². The van der Waals surface area contributed by atoms with Crippen LogP contribution in [0.1, 0.15) is 26.2 Å². The first-order valence-electron chi connectivity index (χ1n) is 5.20. The summed E-state index contributed by atoms with van der Waals surface area (Å²) in [7, 11) is 2.13. The zero-order valence-electron chi connectivity index (χ0n) is 8.44. The molecule has 13 heavy (non-hydrogen) atoms. The second-order valence-electron chi connectivity index (χ2n) is 4.41. The first-order chi connectivity index (χ1) is 6.18. The quantitative estimate of drug-likeness (QED) is 0.684. The molecule has 1 aliphatic heterocycles. The standard InChI is InChI=1S/C10H19NO2/c1-7-5-9(10(12)6-13-7)11(2)8-3-4-8/h7-10,12H,3-6H2,1-2H3/t7-,9+,10+/m1/s1. The monoisotopic (exact) mass is 185 g/mol. The van der Waals surface area contributed by atoms with Crippen LogP contribution < -0.4 is 0 Å². The van der Waals surface area contributed by atoms with Crippen molar-refractivity contribution >= 4 is 0 Å². The van der Waals surface area contributed by atoms with E-state index in [4.69, 9.17) is 4.74 Å². The van der Waals surface area contributed by atoms with E-state index in [-0.39, 0.29) is 6.10 Å². The number of rotatable bonds is 2. The van der Waals surface area contributed by atoms with Gasteiger partial charge in [0.25, 0.3) is 0 Å². The maximum atomic E-state index is 9.77. The van der Waals surface area contributed by atoms with Gasteiger partial charge >= 0.3 is 0 Å². The van der Waals surface area contributed by atoms with Crippen molar-refractivity contribution < 1.29 is 9.84 Å². The summed E-state index contributed by atoms with van der Waals surface area (Å²) in [5.41, 5.74) is 0. The van der Waals surface area contributed by atoms with Crippen LogP contribution in [0, 0.1) is 0 Å². The van der Waals surface area contributed by atoms with Gasteiger partial charge in [-0.3, -0.25) is 4.90 Å². The van der Waals surface area contributed by atoms with Crippen LogP contribution in [0.4, 0.5) is 0 Å². The highest BCUT2D eigenvalue weighted by atomic mass is 16.5. The Morgan fingerprint density at radius 2 is 2.08 bits per heavy atom. The van der Waals surface area contributed by atoms with Gasteiger partial charge in [0.1, 0.15) is 0 Å². The third-order valence-electron chi connectivity index (χ3n) is 3.22. The van der Waals surface area contributed by atoms with Crippen LogP contribution in [-0.4, -0.2) is 48.0 Å². The number of hydrogen-bond acceptors (Lipinski definition) is 3. The molecule has 0 spiro atoms.